The van der Waals surface area contributed by atoms with Crippen LogP contribution >= 0.6 is 0 Å². The fraction of sp³-hybridized carbons (Fsp3) is 0.875. The van der Waals surface area contributed by atoms with Gasteiger partial charge in [0.25, 0.3) is 0 Å². The second-order valence-corrected chi connectivity index (χ2v) is 2.80. The highest BCUT2D eigenvalue weighted by atomic mass is 17.2. The second kappa shape index (κ2) is 5.27. The molecule has 1 heterocycles. The Hall–Kier alpha value is -0.410. The van der Waals surface area contributed by atoms with Gasteiger partial charge in [0.05, 0.1) is 6.61 Å². The number of rotatable bonds is 1. The van der Waals surface area contributed by atoms with E-state index < -0.39 is 0 Å². The van der Waals surface area contributed by atoms with Gasteiger partial charge in [-0.15, -0.1) is 0 Å². The summed E-state index contributed by atoms with van der Waals surface area (Å²) in [6, 6.07) is 0. The van der Waals surface area contributed by atoms with Gasteiger partial charge in [-0.3, -0.25) is 0 Å². The maximum absolute atomic E-state index is 10.3. The minimum absolute atomic E-state index is 0.340. The third-order valence-corrected chi connectivity index (χ3v) is 1.81. The standard InChI is InChI=1S/C8H14O3/c9-7-8-5-3-1-2-4-6-10-11-8/h7-8H,1-6H2. The maximum Gasteiger partial charge on any atom is 0.152 e. The van der Waals surface area contributed by atoms with Crippen LogP contribution in [0.4, 0.5) is 0 Å². The molecule has 0 aliphatic carbocycles. The second-order valence-electron chi connectivity index (χ2n) is 2.80. The lowest BCUT2D eigenvalue weighted by Crippen LogP contribution is -2.14. The molecule has 0 spiro atoms. The SMILES string of the molecule is O=CC1CCCCCCOO1. The Morgan fingerprint density at radius 3 is 2.82 bits per heavy atom. The topological polar surface area (TPSA) is 35.5 Å². The van der Waals surface area contributed by atoms with E-state index in [2.05, 4.69) is 0 Å². The van der Waals surface area contributed by atoms with Gasteiger partial charge in [-0.1, -0.05) is 19.3 Å². The molecule has 1 saturated heterocycles. The summed E-state index contributed by atoms with van der Waals surface area (Å²) in [4.78, 5) is 20.0. The first-order valence-electron chi connectivity index (χ1n) is 4.17. The summed E-state index contributed by atoms with van der Waals surface area (Å²) in [5.74, 6) is 0. The van der Waals surface area contributed by atoms with Gasteiger partial charge in [0, 0.05) is 0 Å². The first-order valence-corrected chi connectivity index (χ1v) is 4.17. The number of hydrogen-bond donors (Lipinski definition) is 0. The Balaban J connectivity index is 2.24. The van der Waals surface area contributed by atoms with E-state index in [0.717, 1.165) is 25.5 Å². The summed E-state index contributed by atoms with van der Waals surface area (Å²) < 4.78 is 0. The maximum atomic E-state index is 10.3. The molecule has 3 nitrogen and oxygen atoms in total. The first kappa shape index (κ1) is 8.68. The fourth-order valence-corrected chi connectivity index (χ4v) is 1.13. The predicted octanol–water partition coefficient (Wildman–Crippen LogP) is 1.47. The smallest absolute Gasteiger partial charge is 0.152 e. The number of aldehydes is 1. The van der Waals surface area contributed by atoms with E-state index in [1.165, 1.54) is 12.8 Å². The van der Waals surface area contributed by atoms with E-state index in [9.17, 15) is 4.79 Å². The molecule has 0 aromatic carbocycles. The first-order chi connectivity index (χ1) is 5.43. The Bertz CT molecular complexity index is 104. The summed E-state index contributed by atoms with van der Waals surface area (Å²) in [5.41, 5.74) is 0. The molecule has 3 heteroatoms. The summed E-state index contributed by atoms with van der Waals surface area (Å²) in [7, 11) is 0. The lowest BCUT2D eigenvalue weighted by molar-refractivity contribution is -0.313. The molecule has 0 radical (unpaired) electrons. The van der Waals surface area contributed by atoms with Gasteiger partial charge in [-0.2, -0.15) is 0 Å². The third-order valence-electron chi connectivity index (χ3n) is 1.81. The van der Waals surface area contributed by atoms with E-state index in [0.29, 0.717) is 6.61 Å². The van der Waals surface area contributed by atoms with E-state index in [-0.39, 0.29) is 6.10 Å². The molecule has 0 amide bonds. The summed E-state index contributed by atoms with van der Waals surface area (Å²) >= 11 is 0. The third kappa shape index (κ3) is 3.49. The summed E-state index contributed by atoms with van der Waals surface area (Å²) in [5, 5.41) is 0. The highest BCUT2D eigenvalue weighted by molar-refractivity contribution is 5.55. The minimum atomic E-state index is -0.340. The molecule has 1 atom stereocenters. The van der Waals surface area contributed by atoms with Gasteiger partial charge in [0.1, 0.15) is 6.10 Å². The van der Waals surface area contributed by atoms with Crippen LogP contribution in [0.5, 0.6) is 0 Å². The number of hydrogen-bond acceptors (Lipinski definition) is 3. The molecular weight excluding hydrogens is 144 g/mol. The average molecular weight is 158 g/mol. The molecular formula is C8H14O3. The zero-order chi connectivity index (χ0) is 7.94. The van der Waals surface area contributed by atoms with E-state index in [1.807, 2.05) is 0 Å². The Kier molecular flexibility index (Phi) is 4.16. The average Bonchev–Trinajstić information content (AvgIpc) is 2.16. The molecule has 1 aliphatic heterocycles. The Morgan fingerprint density at radius 1 is 1.18 bits per heavy atom. The Morgan fingerprint density at radius 2 is 2.00 bits per heavy atom. The molecule has 1 rings (SSSR count). The van der Waals surface area contributed by atoms with Crippen molar-refractivity contribution in [1.29, 1.82) is 0 Å². The fourth-order valence-electron chi connectivity index (χ4n) is 1.13. The van der Waals surface area contributed by atoms with Crippen LogP contribution < -0.4 is 0 Å². The van der Waals surface area contributed by atoms with Crippen molar-refractivity contribution in [3.63, 3.8) is 0 Å². The number of carbonyl (C=O) groups is 1. The molecule has 1 fully saturated rings. The number of carbonyl (C=O) groups excluding carboxylic acids is 1. The monoisotopic (exact) mass is 158 g/mol. The lowest BCUT2D eigenvalue weighted by Gasteiger charge is -2.06. The van der Waals surface area contributed by atoms with Crippen molar-refractivity contribution in [2.24, 2.45) is 0 Å². The molecule has 1 unspecified atom stereocenters. The summed E-state index contributed by atoms with van der Waals surface area (Å²) in [6.45, 7) is 0.615. The van der Waals surface area contributed by atoms with Crippen LogP contribution in [0, 0.1) is 0 Å². The molecule has 0 saturated carbocycles. The lowest BCUT2D eigenvalue weighted by atomic mass is 10.1. The molecule has 11 heavy (non-hydrogen) atoms. The van der Waals surface area contributed by atoms with Gasteiger partial charge in [0.15, 0.2) is 6.29 Å². The molecule has 0 aromatic heterocycles. The van der Waals surface area contributed by atoms with Crippen molar-refractivity contribution in [3.05, 3.63) is 0 Å². The highest BCUT2D eigenvalue weighted by Crippen LogP contribution is 2.10. The molecule has 0 aromatic rings. The zero-order valence-corrected chi connectivity index (χ0v) is 6.62. The van der Waals surface area contributed by atoms with Crippen LogP contribution in [0.2, 0.25) is 0 Å². The quantitative estimate of drug-likeness (QED) is 0.428. The van der Waals surface area contributed by atoms with Gasteiger partial charge in [-0.05, 0) is 12.8 Å². The normalized spacial score (nSPS) is 28.2. The zero-order valence-electron chi connectivity index (χ0n) is 6.62. The minimum Gasteiger partial charge on any atom is -0.300 e. The largest absolute Gasteiger partial charge is 0.300 e. The molecule has 64 valence electrons. The van der Waals surface area contributed by atoms with Crippen molar-refractivity contribution < 1.29 is 14.6 Å². The van der Waals surface area contributed by atoms with Crippen molar-refractivity contribution in [2.45, 2.75) is 38.2 Å². The van der Waals surface area contributed by atoms with Crippen molar-refractivity contribution in [3.8, 4) is 0 Å². The van der Waals surface area contributed by atoms with E-state index >= 15 is 0 Å². The molecule has 1 aliphatic rings. The molecule has 0 bridgehead atoms. The van der Waals surface area contributed by atoms with Crippen molar-refractivity contribution >= 4 is 6.29 Å². The van der Waals surface area contributed by atoms with Crippen molar-refractivity contribution in [2.75, 3.05) is 6.61 Å². The van der Waals surface area contributed by atoms with Gasteiger partial charge < -0.3 is 4.79 Å². The Labute approximate surface area is 66.6 Å². The van der Waals surface area contributed by atoms with E-state index in [1.54, 1.807) is 0 Å². The van der Waals surface area contributed by atoms with Crippen LogP contribution in [-0.4, -0.2) is 19.0 Å². The van der Waals surface area contributed by atoms with Crippen LogP contribution in [0.3, 0.4) is 0 Å². The van der Waals surface area contributed by atoms with Gasteiger partial charge in [0.2, 0.25) is 0 Å². The summed E-state index contributed by atoms with van der Waals surface area (Å²) in [6.07, 6.45) is 5.72. The van der Waals surface area contributed by atoms with Crippen molar-refractivity contribution in [1.82, 2.24) is 0 Å². The highest BCUT2D eigenvalue weighted by Gasteiger charge is 2.09. The van der Waals surface area contributed by atoms with Gasteiger partial charge >= 0.3 is 0 Å². The van der Waals surface area contributed by atoms with Gasteiger partial charge in [-0.25, -0.2) is 9.78 Å². The van der Waals surface area contributed by atoms with Crippen LogP contribution in [0.1, 0.15) is 32.1 Å². The van der Waals surface area contributed by atoms with Crippen LogP contribution in [0.15, 0.2) is 0 Å². The van der Waals surface area contributed by atoms with E-state index in [4.69, 9.17) is 9.78 Å². The van der Waals surface area contributed by atoms with Crippen LogP contribution in [0.25, 0.3) is 0 Å². The molecule has 0 N–H and O–H groups in total. The van der Waals surface area contributed by atoms with Crippen LogP contribution in [-0.2, 0) is 14.6 Å². The predicted molar refractivity (Wildman–Crippen MR) is 40.0 cm³/mol.